The van der Waals surface area contributed by atoms with E-state index in [1.807, 2.05) is 13.8 Å². The second-order valence-electron chi connectivity index (χ2n) is 5.42. The number of hydrogen-bond donors (Lipinski definition) is 2. The Hall–Kier alpha value is -1.10. The molecule has 1 fully saturated rings. The summed E-state index contributed by atoms with van der Waals surface area (Å²) in [6, 6.07) is 0. The lowest BCUT2D eigenvalue weighted by Gasteiger charge is -2.37. The van der Waals surface area contributed by atoms with Crippen molar-refractivity contribution in [2.45, 2.75) is 38.6 Å². The number of hydrogen-bond acceptors (Lipinski definition) is 3. The van der Waals surface area contributed by atoms with Gasteiger partial charge in [0.2, 0.25) is 11.8 Å². The Morgan fingerprint density at radius 3 is 2.61 bits per heavy atom. The molecule has 0 saturated carbocycles. The first-order chi connectivity index (χ1) is 8.40. The van der Waals surface area contributed by atoms with Crippen LogP contribution in [0.1, 0.15) is 33.1 Å². The number of amides is 2. The SMILES string of the molecule is CNC(=O)C(C)CN(C)C(=O)C1(C)CCCCN1. The normalized spacial score (nSPS) is 25.3. The number of nitrogens with one attached hydrogen (secondary N) is 2. The maximum absolute atomic E-state index is 12.4. The van der Waals surface area contributed by atoms with Gasteiger partial charge in [-0.05, 0) is 32.7 Å². The molecule has 2 N–H and O–H groups in total. The van der Waals surface area contributed by atoms with Crippen LogP contribution in [0.3, 0.4) is 0 Å². The molecule has 0 spiro atoms. The van der Waals surface area contributed by atoms with Crippen LogP contribution in [-0.2, 0) is 9.59 Å². The third kappa shape index (κ3) is 3.45. The van der Waals surface area contributed by atoms with Gasteiger partial charge in [-0.1, -0.05) is 6.92 Å². The van der Waals surface area contributed by atoms with Crippen molar-refractivity contribution in [1.82, 2.24) is 15.5 Å². The quantitative estimate of drug-likeness (QED) is 0.762. The van der Waals surface area contributed by atoms with Crippen LogP contribution in [-0.4, -0.2) is 49.4 Å². The van der Waals surface area contributed by atoms with Gasteiger partial charge in [0.1, 0.15) is 0 Å². The molecule has 0 bridgehead atoms. The van der Waals surface area contributed by atoms with E-state index in [4.69, 9.17) is 0 Å². The van der Waals surface area contributed by atoms with Crippen molar-refractivity contribution in [3.05, 3.63) is 0 Å². The van der Waals surface area contributed by atoms with Crippen molar-refractivity contribution in [3.63, 3.8) is 0 Å². The third-order valence-electron chi connectivity index (χ3n) is 3.68. The Morgan fingerprint density at radius 1 is 1.44 bits per heavy atom. The fourth-order valence-corrected chi connectivity index (χ4v) is 2.48. The molecule has 0 aromatic rings. The van der Waals surface area contributed by atoms with Gasteiger partial charge in [-0.2, -0.15) is 0 Å². The Bertz CT molecular complexity index is 311. The molecule has 2 atom stereocenters. The summed E-state index contributed by atoms with van der Waals surface area (Å²) in [6.07, 6.45) is 3.07. The second kappa shape index (κ2) is 6.18. The van der Waals surface area contributed by atoms with Gasteiger partial charge in [-0.3, -0.25) is 9.59 Å². The van der Waals surface area contributed by atoms with E-state index in [2.05, 4.69) is 10.6 Å². The first kappa shape index (κ1) is 15.0. The molecule has 1 aliphatic heterocycles. The van der Waals surface area contributed by atoms with Gasteiger partial charge in [-0.25, -0.2) is 0 Å². The summed E-state index contributed by atoms with van der Waals surface area (Å²) in [4.78, 5) is 25.5. The fourth-order valence-electron chi connectivity index (χ4n) is 2.48. The smallest absolute Gasteiger partial charge is 0.242 e. The van der Waals surface area contributed by atoms with Crippen molar-refractivity contribution in [2.75, 3.05) is 27.2 Å². The molecule has 0 radical (unpaired) electrons. The Morgan fingerprint density at radius 2 is 2.11 bits per heavy atom. The summed E-state index contributed by atoms with van der Waals surface area (Å²) in [5, 5.41) is 5.91. The van der Waals surface area contributed by atoms with Crippen LogP contribution in [0, 0.1) is 5.92 Å². The average Bonchev–Trinajstić information content (AvgIpc) is 2.37. The Labute approximate surface area is 109 Å². The van der Waals surface area contributed by atoms with Crippen LogP contribution in [0.5, 0.6) is 0 Å². The summed E-state index contributed by atoms with van der Waals surface area (Å²) in [5.41, 5.74) is -0.463. The number of rotatable bonds is 4. The maximum atomic E-state index is 12.4. The van der Waals surface area contributed by atoms with Gasteiger partial charge in [-0.15, -0.1) is 0 Å². The molecule has 1 saturated heterocycles. The monoisotopic (exact) mass is 255 g/mol. The van der Waals surface area contributed by atoms with Gasteiger partial charge in [0.15, 0.2) is 0 Å². The van der Waals surface area contributed by atoms with Crippen LogP contribution in [0.4, 0.5) is 0 Å². The van der Waals surface area contributed by atoms with Crippen molar-refractivity contribution in [3.8, 4) is 0 Å². The summed E-state index contributed by atoms with van der Waals surface area (Å²) in [7, 11) is 3.38. The van der Waals surface area contributed by atoms with Crippen LogP contribution in [0.2, 0.25) is 0 Å². The molecular formula is C13H25N3O2. The van der Waals surface area contributed by atoms with Crippen molar-refractivity contribution in [1.29, 1.82) is 0 Å². The first-order valence-corrected chi connectivity index (χ1v) is 6.63. The van der Waals surface area contributed by atoms with E-state index in [0.717, 1.165) is 25.8 Å². The van der Waals surface area contributed by atoms with Crippen molar-refractivity contribution < 1.29 is 9.59 Å². The Kier molecular flexibility index (Phi) is 5.14. The number of carbonyl (C=O) groups is 2. The number of carbonyl (C=O) groups excluding carboxylic acids is 2. The Balaban J connectivity index is 2.57. The number of piperidine rings is 1. The highest BCUT2D eigenvalue weighted by molar-refractivity contribution is 5.86. The van der Waals surface area contributed by atoms with Crippen LogP contribution < -0.4 is 10.6 Å². The summed E-state index contributed by atoms with van der Waals surface area (Å²) < 4.78 is 0. The molecule has 1 aliphatic rings. The molecular weight excluding hydrogens is 230 g/mol. The predicted molar refractivity (Wildman–Crippen MR) is 71.1 cm³/mol. The predicted octanol–water partition coefficient (Wildman–Crippen LogP) is 0.359. The topological polar surface area (TPSA) is 61.4 Å². The molecule has 1 rings (SSSR count). The van der Waals surface area contributed by atoms with Gasteiger partial charge >= 0.3 is 0 Å². The molecule has 2 amide bonds. The van der Waals surface area contributed by atoms with Crippen LogP contribution in [0.25, 0.3) is 0 Å². The van der Waals surface area contributed by atoms with Crippen LogP contribution >= 0.6 is 0 Å². The minimum atomic E-state index is -0.463. The lowest BCUT2D eigenvalue weighted by Crippen LogP contribution is -2.58. The van der Waals surface area contributed by atoms with E-state index >= 15 is 0 Å². The van der Waals surface area contributed by atoms with Gasteiger partial charge in [0, 0.05) is 20.6 Å². The number of nitrogens with zero attached hydrogens (tertiary/aromatic N) is 1. The molecule has 5 nitrogen and oxygen atoms in total. The third-order valence-corrected chi connectivity index (χ3v) is 3.68. The lowest BCUT2D eigenvalue weighted by molar-refractivity contribution is -0.138. The highest BCUT2D eigenvalue weighted by atomic mass is 16.2. The summed E-state index contributed by atoms with van der Waals surface area (Å²) in [5.74, 6) is -0.134. The largest absolute Gasteiger partial charge is 0.359 e. The molecule has 5 heteroatoms. The highest BCUT2D eigenvalue weighted by Crippen LogP contribution is 2.21. The molecule has 0 aliphatic carbocycles. The zero-order valence-electron chi connectivity index (χ0n) is 11.9. The van der Waals surface area contributed by atoms with Crippen molar-refractivity contribution in [2.24, 2.45) is 5.92 Å². The lowest BCUT2D eigenvalue weighted by atomic mass is 9.89. The van der Waals surface area contributed by atoms with Gasteiger partial charge in [0.05, 0.1) is 11.5 Å². The average molecular weight is 255 g/mol. The standard InChI is InChI=1S/C13H25N3O2/c1-10(11(17)14-3)9-16(4)12(18)13(2)7-5-6-8-15-13/h10,15H,5-9H2,1-4H3,(H,14,17). The van der Waals surface area contributed by atoms with E-state index in [1.165, 1.54) is 0 Å². The maximum Gasteiger partial charge on any atom is 0.242 e. The summed E-state index contributed by atoms with van der Waals surface area (Å²) >= 11 is 0. The molecule has 18 heavy (non-hydrogen) atoms. The zero-order valence-corrected chi connectivity index (χ0v) is 11.9. The highest BCUT2D eigenvalue weighted by Gasteiger charge is 2.36. The summed E-state index contributed by atoms with van der Waals surface area (Å²) in [6.45, 7) is 5.13. The molecule has 0 aromatic carbocycles. The minimum absolute atomic E-state index is 0.0311. The second-order valence-corrected chi connectivity index (χ2v) is 5.42. The van der Waals surface area contributed by atoms with E-state index in [-0.39, 0.29) is 17.7 Å². The first-order valence-electron chi connectivity index (χ1n) is 6.63. The van der Waals surface area contributed by atoms with Gasteiger partial charge in [0.25, 0.3) is 0 Å². The minimum Gasteiger partial charge on any atom is -0.359 e. The molecule has 2 unspecified atom stereocenters. The van der Waals surface area contributed by atoms with Crippen LogP contribution in [0.15, 0.2) is 0 Å². The molecule has 1 heterocycles. The molecule has 104 valence electrons. The van der Waals surface area contributed by atoms with E-state index in [0.29, 0.717) is 6.54 Å². The van der Waals surface area contributed by atoms with Gasteiger partial charge < -0.3 is 15.5 Å². The van der Waals surface area contributed by atoms with E-state index < -0.39 is 5.54 Å². The number of likely N-dealkylation sites (N-methyl/N-ethyl adjacent to an activating group) is 1. The van der Waals surface area contributed by atoms with E-state index in [9.17, 15) is 9.59 Å². The zero-order chi connectivity index (χ0) is 13.8. The molecule has 0 aromatic heterocycles. The fraction of sp³-hybridized carbons (Fsp3) is 0.846. The van der Waals surface area contributed by atoms with E-state index in [1.54, 1.807) is 19.0 Å². The van der Waals surface area contributed by atoms with Crippen molar-refractivity contribution >= 4 is 11.8 Å².